The number of benzene rings is 8. The molecule has 0 unspecified atom stereocenters. The number of rotatable bonds is 8. The number of terminal acetylenes is 1. The molecule has 9 rings (SSSR count). The van der Waals surface area contributed by atoms with Crippen molar-refractivity contribution in [3.8, 4) is 47.2 Å². The van der Waals surface area contributed by atoms with Crippen LogP contribution in [0.1, 0.15) is 6.92 Å². The Bertz CT molecular complexity index is 2850. The highest BCUT2D eigenvalue weighted by atomic mass is 28.3. The molecule has 0 aliphatic heterocycles. The number of furan rings is 1. The predicted molar refractivity (Wildman–Crippen MR) is 248 cm³/mol. The second-order valence-electron chi connectivity index (χ2n) is 13.6. The summed E-state index contributed by atoms with van der Waals surface area (Å²) < 4.78 is 6.79. The van der Waals surface area contributed by atoms with Crippen LogP contribution in [0.2, 0.25) is 0 Å². The van der Waals surface area contributed by atoms with Crippen LogP contribution < -0.4 is 25.6 Å². The van der Waals surface area contributed by atoms with Crippen molar-refractivity contribution >= 4 is 67.8 Å². The van der Waals surface area contributed by atoms with Gasteiger partial charge >= 0.3 is 0 Å². The smallest absolute Gasteiger partial charge is 0.179 e. The molecule has 274 valence electrons. The van der Waals surface area contributed by atoms with Crippen LogP contribution in [-0.2, 0) is 0 Å². The van der Waals surface area contributed by atoms with Gasteiger partial charge in [-0.05, 0) is 98.9 Å². The fourth-order valence-corrected chi connectivity index (χ4v) is 12.7. The van der Waals surface area contributed by atoms with Crippen LogP contribution in [-0.4, -0.2) is 8.07 Å². The SMILES string of the molecule is C#CC#CC#CC.c1ccc(-c2ccc(N(c3ccccc3)c3ccc([Si](c4ccccc4)(c4ccccc4)c4ccccc4)cc3)c3oc4ccccc4c23)cc1. The van der Waals surface area contributed by atoms with Crippen LogP contribution >= 0.6 is 0 Å². The summed E-state index contributed by atoms with van der Waals surface area (Å²) in [4.78, 5) is 2.33. The average molecular weight is 758 g/mol. The molecule has 0 aliphatic rings. The molecule has 2 nitrogen and oxygen atoms in total. The van der Waals surface area contributed by atoms with Crippen molar-refractivity contribution in [2.75, 3.05) is 4.90 Å². The third-order valence-corrected chi connectivity index (χ3v) is 15.1. The van der Waals surface area contributed by atoms with Gasteiger partial charge in [0.25, 0.3) is 0 Å². The minimum absolute atomic E-state index is 0.868. The van der Waals surface area contributed by atoms with Gasteiger partial charge in [-0.3, -0.25) is 0 Å². The monoisotopic (exact) mass is 757 g/mol. The molecular formula is C55H39NOSi. The van der Waals surface area contributed by atoms with E-state index in [0.29, 0.717) is 0 Å². The van der Waals surface area contributed by atoms with Crippen molar-refractivity contribution in [1.29, 1.82) is 0 Å². The Kier molecular flexibility index (Phi) is 11.1. The highest BCUT2D eigenvalue weighted by Crippen LogP contribution is 2.45. The topological polar surface area (TPSA) is 16.4 Å². The molecule has 8 aromatic carbocycles. The summed E-state index contributed by atoms with van der Waals surface area (Å²) in [6, 6.07) is 76.6. The molecule has 0 radical (unpaired) electrons. The first-order chi connectivity index (χ1) is 28.7. The zero-order chi connectivity index (χ0) is 39.6. The quantitative estimate of drug-likeness (QED) is 0.0872. The minimum atomic E-state index is -2.66. The van der Waals surface area contributed by atoms with Crippen molar-refractivity contribution < 1.29 is 4.42 Å². The average Bonchev–Trinajstić information content (AvgIpc) is 3.70. The van der Waals surface area contributed by atoms with Crippen LogP contribution in [0.25, 0.3) is 33.1 Å². The summed E-state index contributed by atoms with van der Waals surface area (Å²) >= 11 is 0. The summed E-state index contributed by atoms with van der Waals surface area (Å²) in [5.74, 6) is 12.0. The number of nitrogens with zero attached hydrogens (tertiary/aromatic N) is 1. The zero-order valence-electron chi connectivity index (χ0n) is 32.1. The van der Waals surface area contributed by atoms with Gasteiger partial charge in [0.1, 0.15) is 5.58 Å². The summed E-state index contributed by atoms with van der Waals surface area (Å²) in [6.45, 7) is 1.71. The Morgan fingerprint density at radius 1 is 0.466 bits per heavy atom. The van der Waals surface area contributed by atoms with Gasteiger partial charge in [-0.25, -0.2) is 0 Å². The van der Waals surface area contributed by atoms with Crippen LogP contribution in [0.5, 0.6) is 0 Å². The molecule has 1 aromatic heterocycles. The number of para-hydroxylation sites is 2. The summed E-state index contributed by atoms with van der Waals surface area (Å²) in [7, 11) is -2.66. The summed E-state index contributed by atoms with van der Waals surface area (Å²) in [5.41, 5.74) is 7.20. The largest absolute Gasteiger partial charge is 0.454 e. The van der Waals surface area contributed by atoms with E-state index in [1.54, 1.807) is 6.92 Å². The van der Waals surface area contributed by atoms with Gasteiger partial charge in [0, 0.05) is 22.1 Å². The van der Waals surface area contributed by atoms with Crippen molar-refractivity contribution in [3.63, 3.8) is 0 Å². The fourth-order valence-electron chi connectivity index (χ4n) is 7.91. The molecule has 0 fully saturated rings. The first-order valence-corrected chi connectivity index (χ1v) is 21.2. The van der Waals surface area contributed by atoms with Gasteiger partial charge in [-0.2, -0.15) is 0 Å². The van der Waals surface area contributed by atoms with Crippen molar-refractivity contribution in [1.82, 2.24) is 0 Å². The molecule has 3 heteroatoms. The molecule has 0 saturated heterocycles. The van der Waals surface area contributed by atoms with Gasteiger partial charge in [0.2, 0.25) is 0 Å². The second kappa shape index (κ2) is 17.4. The molecule has 0 amide bonds. The fraction of sp³-hybridized carbons (Fsp3) is 0.0182. The Balaban J connectivity index is 0.000000617. The van der Waals surface area contributed by atoms with Crippen LogP contribution in [0, 0.1) is 36.0 Å². The minimum Gasteiger partial charge on any atom is -0.454 e. The molecule has 0 saturated carbocycles. The second-order valence-corrected chi connectivity index (χ2v) is 17.4. The molecular weight excluding hydrogens is 719 g/mol. The van der Waals surface area contributed by atoms with Gasteiger partial charge in [0.05, 0.1) is 5.69 Å². The Labute approximate surface area is 342 Å². The number of anilines is 3. The van der Waals surface area contributed by atoms with E-state index in [1.807, 2.05) is 6.07 Å². The molecule has 1 heterocycles. The van der Waals surface area contributed by atoms with E-state index in [0.717, 1.165) is 44.6 Å². The third-order valence-electron chi connectivity index (χ3n) is 10.3. The Hall–Kier alpha value is -7.74. The normalized spacial score (nSPS) is 10.6. The lowest BCUT2D eigenvalue weighted by atomic mass is 9.98. The highest BCUT2D eigenvalue weighted by molar-refractivity contribution is 7.19. The number of hydrogen-bond donors (Lipinski definition) is 0. The predicted octanol–water partition coefficient (Wildman–Crippen LogP) is 10.7. The van der Waals surface area contributed by atoms with E-state index in [1.165, 1.54) is 26.3 Å². The number of hydrogen-bond acceptors (Lipinski definition) is 2. The lowest BCUT2D eigenvalue weighted by Gasteiger charge is -2.35. The lowest BCUT2D eigenvalue weighted by Crippen LogP contribution is -2.74. The van der Waals surface area contributed by atoms with Gasteiger partial charge in [-0.1, -0.05) is 182 Å². The van der Waals surface area contributed by atoms with E-state index in [9.17, 15) is 0 Å². The van der Waals surface area contributed by atoms with Crippen LogP contribution in [0.4, 0.5) is 17.1 Å². The van der Waals surface area contributed by atoms with E-state index in [-0.39, 0.29) is 0 Å². The molecule has 0 spiro atoms. The number of fused-ring (bicyclic) bond motifs is 3. The first kappa shape index (κ1) is 37.2. The van der Waals surface area contributed by atoms with E-state index in [4.69, 9.17) is 10.8 Å². The Morgan fingerprint density at radius 2 is 0.948 bits per heavy atom. The third kappa shape index (κ3) is 7.21. The van der Waals surface area contributed by atoms with Crippen LogP contribution in [0.15, 0.2) is 217 Å². The maximum absolute atomic E-state index is 6.79. The molecule has 0 N–H and O–H groups in total. The van der Waals surface area contributed by atoms with E-state index < -0.39 is 8.07 Å². The summed E-state index contributed by atoms with van der Waals surface area (Å²) in [6.07, 6.45) is 4.78. The van der Waals surface area contributed by atoms with E-state index in [2.05, 4.69) is 241 Å². The molecule has 0 aliphatic carbocycles. The van der Waals surface area contributed by atoms with Crippen molar-refractivity contribution in [2.45, 2.75) is 6.92 Å². The maximum Gasteiger partial charge on any atom is 0.179 e. The van der Waals surface area contributed by atoms with Gasteiger partial charge < -0.3 is 9.32 Å². The standard InChI is InChI=1S/C48H35NOSi.C7H4/c1-6-18-36(19-7-1)43-34-35-45(48-47(43)44-28-16-17-29-46(44)50-48)49(37-20-8-2-9-21-37)38-30-32-42(33-31-38)51(39-22-10-3-11-23-39,40-24-12-4-13-25-40)41-26-14-5-15-27-41;1-3-5-7-6-4-2/h1-35H;1H,2H3. The highest BCUT2D eigenvalue weighted by Gasteiger charge is 2.41. The molecule has 58 heavy (non-hydrogen) atoms. The van der Waals surface area contributed by atoms with Crippen molar-refractivity contribution in [3.05, 3.63) is 212 Å². The lowest BCUT2D eigenvalue weighted by molar-refractivity contribution is 0.669. The van der Waals surface area contributed by atoms with E-state index >= 15 is 0 Å². The summed E-state index contributed by atoms with van der Waals surface area (Å²) in [5, 5.41) is 7.63. The van der Waals surface area contributed by atoms with Gasteiger partial charge in [0.15, 0.2) is 13.7 Å². The Morgan fingerprint density at radius 3 is 1.50 bits per heavy atom. The van der Waals surface area contributed by atoms with Gasteiger partial charge in [-0.15, -0.1) is 6.42 Å². The molecule has 0 bridgehead atoms. The zero-order valence-corrected chi connectivity index (χ0v) is 33.1. The van der Waals surface area contributed by atoms with Crippen molar-refractivity contribution in [2.24, 2.45) is 0 Å². The first-order valence-electron chi connectivity index (χ1n) is 19.2. The van der Waals surface area contributed by atoms with Crippen LogP contribution in [0.3, 0.4) is 0 Å². The molecule has 9 aromatic rings. The maximum atomic E-state index is 6.79. The molecule has 0 atom stereocenters.